The Hall–Kier alpha value is -2.13. The molecule has 1 saturated heterocycles. The minimum atomic E-state index is -3.54. The summed E-state index contributed by atoms with van der Waals surface area (Å²) in [6.07, 6.45) is 6.87. The van der Waals surface area contributed by atoms with Gasteiger partial charge in [0.2, 0.25) is 15.9 Å². The topological polar surface area (TPSA) is 108 Å². The molecule has 1 aliphatic heterocycles. The molecule has 1 aliphatic rings. The summed E-state index contributed by atoms with van der Waals surface area (Å²) < 4.78 is 25.5. The second-order valence-electron chi connectivity index (χ2n) is 7.18. The van der Waals surface area contributed by atoms with Crippen LogP contribution in [0.25, 0.3) is 0 Å². The Morgan fingerprint density at radius 2 is 1.79 bits per heavy atom. The maximum Gasteiger partial charge on any atom is 0.253 e. The van der Waals surface area contributed by atoms with E-state index >= 15 is 0 Å². The molecule has 1 heterocycles. The fourth-order valence-corrected chi connectivity index (χ4v) is 3.84. The van der Waals surface area contributed by atoms with Crippen LogP contribution in [0.15, 0.2) is 18.2 Å². The van der Waals surface area contributed by atoms with E-state index in [0.717, 1.165) is 32.3 Å². The molecule has 0 atom stereocenters. The fourth-order valence-electron chi connectivity index (χ4n) is 3.26. The van der Waals surface area contributed by atoms with Gasteiger partial charge in [-0.05, 0) is 57.1 Å². The van der Waals surface area contributed by atoms with Gasteiger partial charge in [-0.2, -0.15) is 0 Å². The van der Waals surface area contributed by atoms with Gasteiger partial charge in [0.15, 0.2) is 0 Å². The summed E-state index contributed by atoms with van der Waals surface area (Å²) in [6.45, 7) is 5.01. The lowest BCUT2D eigenvalue weighted by molar-refractivity contribution is -0.114. The molecule has 0 bridgehead atoms. The zero-order valence-corrected chi connectivity index (χ0v) is 17.4. The molecule has 1 aromatic rings. The smallest absolute Gasteiger partial charge is 0.253 e. The number of nitrogens with one attached hydrogen (secondary N) is 3. The Bertz CT molecular complexity index is 787. The first-order chi connectivity index (χ1) is 13.2. The Morgan fingerprint density at radius 1 is 1.11 bits per heavy atom. The molecule has 9 heteroatoms. The van der Waals surface area contributed by atoms with Gasteiger partial charge in [0.25, 0.3) is 5.91 Å². The zero-order valence-electron chi connectivity index (χ0n) is 16.6. The van der Waals surface area contributed by atoms with Crippen LogP contribution in [-0.4, -0.2) is 57.6 Å². The van der Waals surface area contributed by atoms with Crippen LogP contribution in [0.5, 0.6) is 0 Å². The summed E-state index contributed by atoms with van der Waals surface area (Å²) >= 11 is 0. The normalized spacial score (nSPS) is 15.5. The van der Waals surface area contributed by atoms with Crippen molar-refractivity contribution in [3.8, 4) is 0 Å². The van der Waals surface area contributed by atoms with Crippen molar-refractivity contribution in [1.29, 1.82) is 0 Å². The quantitative estimate of drug-likeness (QED) is 0.568. The predicted molar refractivity (Wildman–Crippen MR) is 111 cm³/mol. The van der Waals surface area contributed by atoms with Crippen LogP contribution in [0, 0.1) is 0 Å². The molecule has 0 radical (unpaired) electrons. The van der Waals surface area contributed by atoms with E-state index in [4.69, 9.17) is 0 Å². The predicted octanol–water partition coefficient (Wildman–Crippen LogP) is 2.01. The molecule has 2 rings (SSSR count). The lowest BCUT2D eigenvalue weighted by Gasteiger charge is -2.19. The number of amides is 2. The van der Waals surface area contributed by atoms with Crippen LogP contribution in [0.1, 0.15) is 49.4 Å². The highest BCUT2D eigenvalue weighted by Gasteiger charge is 2.16. The molecule has 8 nitrogen and oxygen atoms in total. The fraction of sp³-hybridized carbons (Fsp3) is 0.579. The van der Waals surface area contributed by atoms with E-state index in [9.17, 15) is 18.0 Å². The minimum absolute atomic E-state index is 0.173. The van der Waals surface area contributed by atoms with Gasteiger partial charge in [0.05, 0.1) is 17.5 Å². The first-order valence-electron chi connectivity index (χ1n) is 9.64. The molecule has 0 spiro atoms. The molecular weight excluding hydrogens is 380 g/mol. The SMILES string of the molecule is CC(=O)Nc1ccc(NS(C)(=O)=O)c(C(=O)NCCCN2CCCCCC2)c1. The molecule has 0 aliphatic carbocycles. The average molecular weight is 411 g/mol. The van der Waals surface area contributed by atoms with Crippen molar-refractivity contribution in [2.75, 3.05) is 42.5 Å². The third-order valence-electron chi connectivity index (χ3n) is 4.52. The first-order valence-corrected chi connectivity index (χ1v) is 11.5. The highest BCUT2D eigenvalue weighted by atomic mass is 32.2. The lowest BCUT2D eigenvalue weighted by Crippen LogP contribution is -2.31. The zero-order chi connectivity index (χ0) is 20.6. The molecule has 0 saturated carbocycles. The maximum absolute atomic E-state index is 12.6. The Kier molecular flexibility index (Phi) is 8.25. The molecule has 156 valence electrons. The van der Waals surface area contributed by atoms with E-state index in [1.54, 1.807) is 6.07 Å². The molecule has 1 fully saturated rings. The van der Waals surface area contributed by atoms with Crippen molar-refractivity contribution in [3.05, 3.63) is 23.8 Å². The van der Waals surface area contributed by atoms with Gasteiger partial charge < -0.3 is 15.5 Å². The standard InChI is InChI=1S/C19H30N4O4S/c1-15(24)21-16-8-9-18(22-28(2,26)27)17(14-16)19(25)20-10-7-13-23-11-5-3-4-6-12-23/h8-9,14,22H,3-7,10-13H2,1-2H3,(H,20,25)(H,21,24). The molecule has 2 amide bonds. The summed E-state index contributed by atoms with van der Waals surface area (Å²) in [7, 11) is -3.54. The summed E-state index contributed by atoms with van der Waals surface area (Å²) in [6, 6.07) is 4.49. The van der Waals surface area contributed by atoms with Crippen LogP contribution < -0.4 is 15.4 Å². The van der Waals surface area contributed by atoms with Gasteiger partial charge in [-0.15, -0.1) is 0 Å². The van der Waals surface area contributed by atoms with Crippen molar-refractivity contribution in [2.45, 2.75) is 39.0 Å². The summed E-state index contributed by atoms with van der Waals surface area (Å²) in [5, 5.41) is 5.45. The van der Waals surface area contributed by atoms with Gasteiger partial charge in [0.1, 0.15) is 0 Å². The first kappa shape index (κ1) is 22.2. The van der Waals surface area contributed by atoms with Crippen molar-refractivity contribution < 1.29 is 18.0 Å². The van der Waals surface area contributed by atoms with Crippen molar-refractivity contribution in [1.82, 2.24) is 10.2 Å². The Morgan fingerprint density at radius 3 is 2.39 bits per heavy atom. The monoisotopic (exact) mass is 410 g/mol. The van der Waals surface area contributed by atoms with Gasteiger partial charge in [0, 0.05) is 19.2 Å². The van der Waals surface area contributed by atoms with Gasteiger partial charge >= 0.3 is 0 Å². The van der Waals surface area contributed by atoms with Crippen LogP contribution in [0.2, 0.25) is 0 Å². The summed E-state index contributed by atoms with van der Waals surface area (Å²) in [4.78, 5) is 26.3. The summed E-state index contributed by atoms with van der Waals surface area (Å²) in [5.41, 5.74) is 0.786. The number of carbonyl (C=O) groups is 2. The van der Waals surface area contributed by atoms with Crippen LogP contribution in [0.3, 0.4) is 0 Å². The van der Waals surface area contributed by atoms with Crippen molar-refractivity contribution >= 4 is 33.2 Å². The largest absolute Gasteiger partial charge is 0.352 e. The number of rotatable bonds is 8. The highest BCUT2D eigenvalue weighted by molar-refractivity contribution is 7.92. The Balaban J connectivity index is 1.99. The number of carbonyl (C=O) groups excluding carboxylic acids is 2. The minimum Gasteiger partial charge on any atom is -0.352 e. The second kappa shape index (κ2) is 10.4. The van der Waals surface area contributed by atoms with Crippen molar-refractivity contribution in [2.24, 2.45) is 0 Å². The van der Waals surface area contributed by atoms with Crippen LogP contribution in [0.4, 0.5) is 11.4 Å². The average Bonchev–Trinajstić information content (AvgIpc) is 2.87. The number of hydrogen-bond donors (Lipinski definition) is 3. The second-order valence-corrected chi connectivity index (χ2v) is 8.93. The van der Waals surface area contributed by atoms with E-state index in [2.05, 4.69) is 20.3 Å². The Labute approximate surface area is 167 Å². The molecule has 0 aromatic heterocycles. The third kappa shape index (κ3) is 7.85. The number of benzene rings is 1. The van der Waals surface area contributed by atoms with Crippen molar-refractivity contribution in [3.63, 3.8) is 0 Å². The van der Waals surface area contributed by atoms with E-state index < -0.39 is 10.0 Å². The van der Waals surface area contributed by atoms with Gasteiger partial charge in [-0.1, -0.05) is 12.8 Å². The molecule has 0 unspecified atom stereocenters. The maximum atomic E-state index is 12.6. The number of hydrogen-bond acceptors (Lipinski definition) is 5. The van der Waals surface area contributed by atoms with E-state index in [1.807, 2.05) is 0 Å². The summed E-state index contributed by atoms with van der Waals surface area (Å²) in [5.74, 6) is -0.651. The number of sulfonamides is 1. The van der Waals surface area contributed by atoms with Crippen LogP contribution in [-0.2, 0) is 14.8 Å². The van der Waals surface area contributed by atoms with Gasteiger partial charge in [-0.3, -0.25) is 14.3 Å². The number of nitrogens with zero attached hydrogens (tertiary/aromatic N) is 1. The highest BCUT2D eigenvalue weighted by Crippen LogP contribution is 2.22. The number of likely N-dealkylation sites (tertiary alicyclic amines) is 1. The van der Waals surface area contributed by atoms with Crippen LogP contribution >= 0.6 is 0 Å². The lowest BCUT2D eigenvalue weighted by atomic mass is 10.1. The molecule has 1 aromatic carbocycles. The van der Waals surface area contributed by atoms with E-state index in [-0.39, 0.29) is 23.1 Å². The van der Waals surface area contributed by atoms with E-state index in [1.165, 1.54) is 44.7 Å². The molecule has 28 heavy (non-hydrogen) atoms. The molecule has 3 N–H and O–H groups in total. The van der Waals surface area contributed by atoms with Gasteiger partial charge in [-0.25, -0.2) is 8.42 Å². The number of anilines is 2. The third-order valence-corrected chi connectivity index (χ3v) is 5.11. The van der Waals surface area contributed by atoms with E-state index in [0.29, 0.717) is 12.2 Å². The molecular formula is C19H30N4O4S.